The summed E-state index contributed by atoms with van der Waals surface area (Å²) in [7, 11) is 3.88. The second kappa shape index (κ2) is 7.56. The summed E-state index contributed by atoms with van der Waals surface area (Å²) in [6.07, 6.45) is 0. The SMILES string of the molecule is CC(=Nc1ccc(N(C)C)cc1)c1c(O)n(-c2ccc(C)cc2)c(=O)[nH]c1=O. The Morgan fingerprint density at radius 1 is 1.04 bits per heavy atom. The number of nitrogens with zero attached hydrogens (tertiary/aromatic N) is 3. The van der Waals surface area contributed by atoms with Crippen LogP contribution in [-0.4, -0.2) is 34.5 Å². The molecule has 0 unspecified atom stereocenters. The third-order valence-electron chi connectivity index (χ3n) is 4.40. The lowest BCUT2D eigenvalue weighted by Crippen LogP contribution is -2.32. The Kier molecular flexibility index (Phi) is 5.17. The first-order valence-electron chi connectivity index (χ1n) is 8.76. The van der Waals surface area contributed by atoms with Crippen LogP contribution in [0.5, 0.6) is 5.88 Å². The zero-order chi connectivity index (χ0) is 20.4. The monoisotopic (exact) mass is 378 g/mol. The highest BCUT2D eigenvalue weighted by Crippen LogP contribution is 2.22. The van der Waals surface area contributed by atoms with Crippen LogP contribution >= 0.6 is 0 Å². The average molecular weight is 378 g/mol. The van der Waals surface area contributed by atoms with E-state index in [9.17, 15) is 14.7 Å². The van der Waals surface area contributed by atoms with E-state index in [1.807, 2.05) is 62.3 Å². The molecular formula is C21H22N4O3. The number of anilines is 1. The van der Waals surface area contributed by atoms with Gasteiger partial charge >= 0.3 is 5.69 Å². The molecule has 0 saturated carbocycles. The molecule has 0 bridgehead atoms. The smallest absolute Gasteiger partial charge is 0.335 e. The van der Waals surface area contributed by atoms with Crippen LogP contribution in [0.4, 0.5) is 11.4 Å². The Morgan fingerprint density at radius 2 is 1.64 bits per heavy atom. The van der Waals surface area contributed by atoms with Gasteiger partial charge in [0, 0.05) is 19.8 Å². The zero-order valence-corrected chi connectivity index (χ0v) is 16.2. The van der Waals surface area contributed by atoms with Gasteiger partial charge in [0.05, 0.1) is 17.1 Å². The minimum absolute atomic E-state index is 0.0446. The first-order chi connectivity index (χ1) is 13.3. The highest BCUT2D eigenvalue weighted by molar-refractivity contribution is 6.01. The Labute approximate surface area is 162 Å². The Balaban J connectivity index is 2.10. The summed E-state index contributed by atoms with van der Waals surface area (Å²) in [6, 6.07) is 14.5. The molecule has 0 fully saturated rings. The summed E-state index contributed by atoms with van der Waals surface area (Å²) >= 11 is 0. The lowest BCUT2D eigenvalue weighted by atomic mass is 10.2. The number of benzene rings is 2. The van der Waals surface area contributed by atoms with Crippen molar-refractivity contribution in [3.63, 3.8) is 0 Å². The fraction of sp³-hybridized carbons (Fsp3) is 0.190. The molecule has 3 aromatic rings. The van der Waals surface area contributed by atoms with Crippen LogP contribution in [0.25, 0.3) is 5.69 Å². The van der Waals surface area contributed by atoms with Crippen molar-refractivity contribution in [1.29, 1.82) is 0 Å². The van der Waals surface area contributed by atoms with Gasteiger partial charge in [-0.2, -0.15) is 0 Å². The van der Waals surface area contributed by atoms with E-state index in [1.165, 1.54) is 0 Å². The highest BCUT2D eigenvalue weighted by atomic mass is 16.3. The summed E-state index contributed by atoms with van der Waals surface area (Å²) < 4.78 is 1.06. The largest absolute Gasteiger partial charge is 0.493 e. The minimum atomic E-state index is -0.710. The molecule has 144 valence electrons. The van der Waals surface area contributed by atoms with Crippen molar-refractivity contribution in [3.05, 3.63) is 80.5 Å². The van der Waals surface area contributed by atoms with Gasteiger partial charge < -0.3 is 10.0 Å². The predicted molar refractivity (Wildman–Crippen MR) is 112 cm³/mol. The number of hydrogen-bond acceptors (Lipinski definition) is 5. The maximum atomic E-state index is 12.4. The van der Waals surface area contributed by atoms with Crippen molar-refractivity contribution < 1.29 is 5.11 Å². The van der Waals surface area contributed by atoms with Crippen molar-refractivity contribution in [2.24, 2.45) is 4.99 Å². The molecule has 2 aromatic carbocycles. The molecule has 0 saturated heterocycles. The highest BCUT2D eigenvalue weighted by Gasteiger charge is 2.18. The summed E-state index contributed by atoms with van der Waals surface area (Å²) in [4.78, 5) is 33.3. The molecule has 1 heterocycles. The van der Waals surface area contributed by atoms with E-state index in [1.54, 1.807) is 19.1 Å². The summed E-state index contributed by atoms with van der Waals surface area (Å²) in [5.41, 5.74) is 1.98. The van der Waals surface area contributed by atoms with Gasteiger partial charge in [-0.15, -0.1) is 0 Å². The predicted octanol–water partition coefficient (Wildman–Crippen LogP) is 2.75. The van der Waals surface area contributed by atoms with Gasteiger partial charge in [0.2, 0.25) is 5.88 Å². The first-order valence-corrected chi connectivity index (χ1v) is 8.76. The topological polar surface area (TPSA) is 90.7 Å². The van der Waals surface area contributed by atoms with E-state index >= 15 is 0 Å². The van der Waals surface area contributed by atoms with Gasteiger partial charge in [0.25, 0.3) is 5.56 Å². The fourth-order valence-electron chi connectivity index (χ4n) is 2.86. The van der Waals surface area contributed by atoms with Crippen molar-refractivity contribution >= 4 is 17.1 Å². The number of H-pyrrole nitrogens is 1. The molecule has 0 atom stereocenters. The molecule has 2 N–H and O–H groups in total. The van der Waals surface area contributed by atoms with Crippen LogP contribution in [0.2, 0.25) is 0 Å². The maximum Gasteiger partial charge on any atom is 0.335 e. The van der Waals surface area contributed by atoms with Crippen molar-refractivity contribution in [2.75, 3.05) is 19.0 Å². The lowest BCUT2D eigenvalue weighted by Gasteiger charge is -2.13. The number of aryl methyl sites for hydroxylation is 1. The first kappa shape index (κ1) is 19.2. The number of aromatic hydroxyl groups is 1. The summed E-state index contributed by atoms with van der Waals surface area (Å²) in [6.45, 7) is 3.54. The second-order valence-corrected chi connectivity index (χ2v) is 6.74. The van der Waals surface area contributed by atoms with E-state index in [0.29, 0.717) is 17.1 Å². The molecule has 0 amide bonds. The zero-order valence-electron chi connectivity index (χ0n) is 16.2. The molecular weight excluding hydrogens is 356 g/mol. The van der Waals surface area contributed by atoms with Crippen LogP contribution < -0.4 is 16.1 Å². The lowest BCUT2D eigenvalue weighted by molar-refractivity contribution is 0.430. The van der Waals surface area contributed by atoms with Gasteiger partial charge in [-0.25, -0.2) is 9.36 Å². The van der Waals surface area contributed by atoms with E-state index < -0.39 is 17.1 Å². The van der Waals surface area contributed by atoms with Crippen LogP contribution in [-0.2, 0) is 0 Å². The van der Waals surface area contributed by atoms with Crippen molar-refractivity contribution in [2.45, 2.75) is 13.8 Å². The van der Waals surface area contributed by atoms with Crippen molar-refractivity contribution in [3.8, 4) is 11.6 Å². The number of aliphatic imine (C=N–C) groups is 1. The molecule has 7 heteroatoms. The van der Waals surface area contributed by atoms with Gasteiger partial charge in [-0.3, -0.25) is 14.8 Å². The number of aromatic amines is 1. The van der Waals surface area contributed by atoms with Gasteiger partial charge in [0.1, 0.15) is 5.56 Å². The Hall–Kier alpha value is -3.61. The van der Waals surface area contributed by atoms with Gasteiger partial charge in [0.15, 0.2) is 0 Å². The average Bonchev–Trinajstić information content (AvgIpc) is 2.63. The van der Waals surface area contributed by atoms with Crippen molar-refractivity contribution in [1.82, 2.24) is 9.55 Å². The van der Waals surface area contributed by atoms with E-state index in [-0.39, 0.29) is 5.56 Å². The molecule has 1 aromatic heterocycles. The molecule has 0 aliphatic carbocycles. The molecule has 0 radical (unpaired) electrons. The standard InChI is InChI=1S/C21H22N4O3/c1-13-5-9-17(10-6-13)25-20(27)18(19(26)23-21(25)28)14(2)22-15-7-11-16(12-8-15)24(3)4/h5-12,27H,1-4H3,(H,23,26,28). The number of hydrogen-bond donors (Lipinski definition) is 2. The van der Waals surface area contributed by atoms with Crippen LogP contribution in [0.15, 0.2) is 63.1 Å². The van der Waals surface area contributed by atoms with Crippen LogP contribution in [0.1, 0.15) is 18.1 Å². The molecule has 7 nitrogen and oxygen atoms in total. The third-order valence-corrected chi connectivity index (χ3v) is 4.40. The molecule has 28 heavy (non-hydrogen) atoms. The van der Waals surface area contributed by atoms with E-state index in [4.69, 9.17) is 0 Å². The van der Waals surface area contributed by atoms with E-state index in [2.05, 4.69) is 9.98 Å². The fourth-order valence-corrected chi connectivity index (χ4v) is 2.86. The van der Waals surface area contributed by atoms with Crippen LogP contribution in [0, 0.1) is 6.92 Å². The normalized spacial score (nSPS) is 11.5. The number of rotatable bonds is 4. The van der Waals surface area contributed by atoms with Gasteiger partial charge in [-0.1, -0.05) is 17.7 Å². The minimum Gasteiger partial charge on any atom is -0.493 e. The quantitative estimate of drug-likeness (QED) is 0.683. The molecule has 0 aliphatic rings. The number of nitrogens with one attached hydrogen (secondary N) is 1. The van der Waals surface area contributed by atoms with Gasteiger partial charge in [-0.05, 0) is 50.2 Å². The molecule has 0 spiro atoms. The Bertz CT molecular complexity index is 1140. The third kappa shape index (κ3) is 3.73. The van der Waals surface area contributed by atoms with Crippen LogP contribution in [0.3, 0.4) is 0 Å². The molecule has 0 aliphatic heterocycles. The number of aromatic nitrogens is 2. The Morgan fingerprint density at radius 3 is 2.21 bits per heavy atom. The van der Waals surface area contributed by atoms with E-state index in [0.717, 1.165) is 15.8 Å². The molecule has 3 rings (SSSR count). The maximum absolute atomic E-state index is 12.4. The second-order valence-electron chi connectivity index (χ2n) is 6.74. The summed E-state index contributed by atoms with van der Waals surface area (Å²) in [5.74, 6) is -0.441. The summed E-state index contributed by atoms with van der Waals surface area (Å²) in [5, 5.41) is 10.7.